The Morgan fingerprint density at radius 2 is 1.62 bits per heavy atom. The molecule has 0 spiro atoms. The third kappa shape index (κ3) is 2.03. The minimum Gasteiger partial charge on any atom is -0.368 e. The van der Waals surface area contributed by atoms with E-state index in [9.17, 15) is 10.2 Å². The first-order valence-electron chi connectivity index (χ1n) is 5.23. The van der Waals surface area contributed by atoms with Gasteiger partial charge in [-0.2, -0.15) is 11.8 Å². The quantitative estimate of drug-likeness (QED) is 0.681. The van der Waals surface area contributed by atoms with Crippen LogP contribution in [0.1, 0.15) is 25.7 Å². The largest absolute Gasteiger partial charge is 0.368 e. The molecule has 0 aromatic rings. The summed E-state index contributed by atoms with van der Waals surface area (Å²) in [5.41, 5.74) is 0. The Labute approximate surface area is 83.7 Å². The topological polar surface area (TPSA) is 40.5 Å². The summed E-state index contributed by atoms with van der Waals surface area (Å²) in [6.07, 6.45) is 3.92. The van der Waals surface area contributed by atoms with Crippen molar-refractivity contribution in [3.63, 3.8) is 0 Å². The lowest BCUT2D eigenvalue weighted by Crippen LogP contribution is -2.39. The summed E-state index contributed by atoms with van der Waals surface area (Å²) in [5, 5.41) is 18.7. The highest BCUT2D eigenvalue weighted by molar-refractivity contribution is 8.00. The number of hydrogen-bond donors (Lipinski definition) is 2. The minimum absolute atomic E-state index is 0.170. The maximum absolute atomic E-state index is 9.35. The molecule has 2 fully saturated rings. The van der Waals surface area contributed by atoms with E-state index in [0.717, 1.165) is 11.5 Å². The van der Waals surface area contributed by atoms with Crippen molar-refractivity contribution in [1.29, 1.82) is 0 Å². The molecule has 1 aliphatic heterocycles. The van der Waals surface area contributed by atoms with E-state index in [1.807, 2.05) is 11.8 Å². The molecule has 0 amide bonds. The van der Waals surface area contributed by atoms with Gasteiger partial charge >= 0.3 is 0 Å². The maximum Gasteiger partial charge on any atom is 0.154 e. The molecule has 76 valence electrons. The molecular formula is C10H18O2S. The lowest BCUT2D eigenvalue weighted by molar-refractivity contribution is -0.114. The van der Waals surface area contributed by atoms with Crippen LogP contribution in [0.3, 0.4) is 0 Å². The molecule has 13 heavy (non-hydrogen) atoms. The van der Waals surface area contributed by atoms with Gasteiger partial charge in [-0.05, 0) is 36.2 Å². The monoisotopic (exact) mass is 202 g/mol. The van der Waals surface area contributed by atoms with Crippen molar-refractivity contribution in [3.8, 4) is 0 Å². The van der Waals surface area contributed by atoms with Gasteiger partial charge in [0.25, 0.3) is 0 Å². The summed E-state index contributed by atoms with van der Waals surface area (Å²) in [6.45, 7) is 0. The van der Waals surface area contributed by atoms with Gasteiger partial charge in [0.05, 0.1) is 0 Å². The van der Waals surface area contributed by atoms with Crippen molar-refractivity contribution in [2.45, 2.75) is 32.0 Å². The van der Waals surface area contributed by atoms with Gasteiger partial charge in [-0.25, -0.2) is 0 Å². The first-order valence-corrected chi connectivity index (χ1v) is 6.38. The summed E-state index contributed by atoms with van der Waals surface area (Å²) in [5.74, 6) is 3.61. The highest BCUT2D eigenvalue weighted by Gasteiger charge is 2.38. The fourth-order valence-electron chi connectivity index (χ4n) is 2.69. The number of rotatable bonds is 3. The zero-order chi connectivity index (χ0) is 9.26. The summed E-state index contributed by atoms with van der Waals surface area (Å²) in [6, 6.07) is 0. The average Bonchev–Trinajstić information content (AvgIpc) is 2.46. The Morgan fingerprint density at radius 3 is 2.00 bits per heavy atom. The first-order chi connectivity index (χ1) is 6.29. The van der Waals surface area contributed by atoms with Crippen LogP contribution in [0.4, 0.5) is 0 Å². The first kappa shape index (κ1) is 9.81. The lowest BCUT2D eigenvalue weighted by Gasteiger charge is -2.37. The van der Waals surface area contributed by atoms with Gasteiger partial charge in [0.2, 0.25) is 0 Å². The standard InChI is InChI=1S/C10H18O2S/c11-10(12)9(8-5-13-6-8)7-3-1-2-4-7/h7-12H,1-6H2. The molecule has 2 nitrogen and oxygen atoms in total. The Morgan fingerprint density at radius 1 is 1.00 bits per heavy atom. The average molecular weight is 202 g/mol. The predicted octanol–water partition coefficient (Wildman–Crippen LogP) is 1.47. The van der Waals surface area contributed by atoms with Gasteiger partial charge in [0.1, 0.15) is 0 Å². The Balaban J connectivity index is 1.94. The second-order valence-electron chi connectivity index (χ2n) is 4.33. The van der Waals surface area contributed by atoms with Crippen LogP contribution in [-0.2, 0) is 0 Å². The van der Waals surface area contributed by atoms with Gasteiger partial charge in [-0.1, -0.05) is 12.8 Å². The van der Waals surface area contributed by atoms with E-state index < -0.39 is 6.29 Å². The van der Waals surface area contributed by atoms with Crippen LogP contribution in [0.15, 0.2) is 0 Å². The molecule has 1 saturated carbocycles. The van der Waals surface area contributed by atoms with Gasteiger partial charge < -0.3 is 10.2 Å². The van der Waals surface area contributed by atoms with Gasteiger partial charge in [-0.15, -0.1) is 0 Å². The van der Waals surface area contributed by atoms with E-state index in [0.29, 0.717) is 11.8 Å². The molecule has 1 heterocycles. The number of thioether (sulfide) groups is 1. The van der Waals surface area contributed by atoms with Crippen LogP contribution in [-0.4, -0.2) is 28.0 Å². The molecule has 2 rings (SSSR count). The van der Waals surface area contributed by atoms with Gasteiger partial charge in [-0.3, -0.25) is 0 Å². The van der Waals surface area contributed by atoms with Crippen molar-refractivity contribution >= 4 is 11.8 Å². The van der Waals surface area contributed by atoms with Crippen LogP contribution in [0.2, 0.25) is 0 Å². The van der Waals surface area contributed by atoms with Crippen molar-refractivity contribution in [2.75, 3.05) is 11.5 Å². The zero-order valence-corrected chi connectivity index (χ0v) is 8.67. The number of aliphatic hydroxyl groups excluding tert-OH is 1. The molecule has 0 aromatic heterocycles. The molecule has 1 atom stereocenters. The van der Waals surface area contributed by atoms with Crippen LogP contribution < -0.4 is 0 Å². The fraction of sp³-hybridized carbons (Fsp3) is 1.00. The molecule has 3 heteroatoms. The number of hydrogen-bond acceptors (Lipinski definition) is 3. The summed E-state index contributed by atoms with van der Waals surface area (Å²) < 4.78 is 0. The third-order valence-corrected chi connectivity index (χ3v) is 4.82. The molecule has 1 aliphatic carbocycles. The molecule has 0 radical (unpaired) electrons. The maximum atomic E-state index is 9.35. The van der Waals surface area contributed by atoms with Gasteiger partial charge in [0, 0.05) is 5.92 Å². The smallest absolute Gasteiger partial charge is 0.154 e. The highest BCUT2D eigenvalue weighted by atomic mass is 32.2. The Bertz CT molecular complexity index is 162. The molecular weight excluding hydrogens is 184 g/mol. The summed E-state index contributed by atoms with van der Waals surface area (Å²) in [4.78, 5) is 0. The van der Waals surface area contributed by atoms with Crippen molar-refractivity contribution in [3.05, 3.63) is 0 Å². The normalized spacial score (nSPS) is 27.9. The second-order valence-corrected chi connectivity index (χ2v) is 5.41. The zero-order valence-electron chi connectivity index (χ0n) is 7.85. The van der Waals surface area contributed by atoms with E-state index >= 15 is 0 Å². The Kier molecular flexibility index (Phi) is 3.17. The van der Waals surface area contributed by atoms with Crippen LogP contribution >= 0.6 is 11.8 Å². The summed E-state index contributed by atoms with van der Waals surface area (Å²) in [7, 11) is 0. The van der Waals surface area contributed by atoms with E-state index in [1.54, 1.807) is 0 Å². The second kappa shape index (κ2) is 4.20. The van der Waals surface area contributed by atoms with Crippen LogP contribution in [0.5, 0.6) is 0 Å². The van der Waals surface area contributed by atoms with Crippen LogP contribution in [0.25, 0.3) is 0 Å². The van der Waals surface area contributed by atoms with Crippen molar-refractivity contribution in [1.82, 2.24) is 0 Å². The van der Waals surface area contributed by atoms with E-state index in [2.05, 4.69) is 0 Å². The van der Waals surface area contributed by atoms with Crippen molar-refractivity contribution in [2.24, 2.45) is 17.8 Å². The highest BCUT2D eigenvalue weighted by Crippen LogP contribution is 2.42. The van der Waals surface area contributed by atoms with Crippen molar-refractivity contribution < 1.29 is 10.2 Å². The SMILES string of the molecule is OC(O)C(C1CCCC1)C1CSC1. The van der Waals surface area contributed by atoms with Crippen LogP contribution in [0, 0.1) is 17.8 Å². The van der Waals surface area contributed by atoms with E-state index in [1.165, 1.54) is 25.7 Å². The van der Waals surface area contributed by atoms with E-state index in [-0.39, 0.29) is 5.92 Å². The molecule has 2 aliphatic rings. The van der Waals surface area contributed by atoms with E-state index in [4.69, 9.17) is 0 Å². The number of aliphatic hydroxyl groups is 2. The molecule has 0 aromatic carbocycles. The summed E-state index contributed by atoms with van der Waals surface area (Å²) >= 11 is 1.93. The Hall–Kier alpha value is 0.270. The molecule has 0 bridgehead atoms. The minimum atomic E-state index is -1.08. The molecule has 1 unspecified atom stereocenters. The fourth-order valence-corrected chi connectivity index (χ4v) is 3.64. The molecule has 1 saturated heterocycles. The lowest BCUT2D eigenvalue weighted by atomic mass is 9.81. The molecule has 2 N–H and O–H groups in total. The third-order valence-electron chi connectivity index (χ3n) is 3.50. The predicted molar refractivity (Wildman–Crippen MR) is 54.5 cm³/mol. The van der Waals surface area contributed by atoms with Gasteiger partial charge in [0.15, 0.2) is 6.29 Å².